The average Bonchev–Trinajstić information content (AvgIpc) is 2.63. The fraction of sp³-hybridized carbons (Fsp3) is 0.571. The molecule has 1 aliphatic rings. The van der Waals surface area contributed by atoms with Gasteiger partial charge in [0.1, 0.15) is 0 Å². The molecule has 1 unspecified atom stereocenters. The topological polar surface area (TPSA) is 57.6 Å². The second-order valence-corrected chi connectivity index (χ2v) is 8.12. The molecule has 0 amide bonds. The van der Waals surface area contributed by atoms with Crippen LogP contribution in [0.25, 0.3) is 0 Å². The molecule has 1 atom stereocenters. The van der Waals surface area contributed by atoms with E-state index in [1.807, 2.05) is 0 Å². The number of nitrogens with zero attached hydrogens (tertiary/aromatic N) is 1. The molecule has 1 N–H and O–H groups in total. The molecule has 1 fully saturated rings. The molecule has 0 bridgehead atoms. The van der Waals surface area contributed by atoms with E-state index in [0.717, 1.165) is 19.3 Å². The maximum atomic E-state index is 12.7. The Morgan fingerprint density at radius 3 is 2.75 bits per heavy atom. The summed E-state index contributed by atoms with van der Waals surface area (Å²) in [4.78, 5) is 0.282. The molecule has 1 saturated heterocycles. The SMILES string of the molecule is CC1CCCN(S(=O)(=O)c2ccc(CO)cc2Br)CC1. The van der Waals surface area contributed by atoms with Crippen LogP contribution in [0.15, 0.2) is 27.6 Å². The van der Waals surface area contributed by atoms with Gasteiger partial charge in [-0.25, -0.2) is 8.42 Å². The highest BCUT2D eigenvalue weighted by Crippen LogP contribution is 2.28. The molecule has 2 rings (SSSR count). The Kier molecular flexibility index (Phi) is 5.23. The Morgan fingerprint density at radius 1 is 1.35 bits per heavy atom. The monoisotopic (exact) mass is 361 g/mol. The van der Waals surface area contributed by atoms with Gasteiger partial charge in [-0.15, -0.1) is 0 Å². The molecule has 112 valence electrons. The highest BCUT2D eigenvalue weighted by atomic mass is 79.9. The van der Waals surface area contributed by atoms with Crippen molar-refractivity contribution >= 4 is 26.0 Å². The van der Waals surface area contributed by atoms with E-state index in [1.54, 1.807) is 22.5 Å². The summed E-state index contributed by atoms with van der Waals surface area (Å²) in [5, 5.41) is 9.09. The lowest BCUT2D eigenvalue weighted by atomic mass is 10.0. The van der Waals surface area contributed by atoms with Crippen molar-refractivity contribution in [1.29, 1.82) is 0 Å². The van der Waals surface area contributed by atoms with Crippen LogP contribution in [0.2, 0.25) is 0 Å². The summed E-state index contributed by atoms with van der Waals surface area (Å²) >= 11 is 3.30. The van der Waals surface area contributed by atoms with Crippen LogP contribution in [0.3, 0.4) is 0 Å². The van der Waals surface area contributed by atoms with E-state index in [-0.39, 0.29) is 11.5 Å². The zero-order chi connectivity index (χ0) is 14.8. The van der Waals surface area contributed by atoms with E-state index in [9.17, 15) is 8.42 Å². The van der Waals surface area contributed by atoms with Crippen molar-refractivity contribution in [1.82, 2.24) is 4.31 Å². The van der Waals surface area contributed by atoms with Crippen molar-refractivity contribution in [2.45, 2.75) is 37.7 Å². The number of hydrogen-bond donors (Lipinski definition) is 1. The minimum absolute atomic E-state index is 0.0971. The van der Waals surface area contributed by atoms with Crippen LogP contribution in [0.4, 0.5) is 0 Å². The quantitative estimate of drug-likeness (QED) is 0.900. The van der Waals surface area contributed by atoms with E-state index in [0.29, 0.717) is 29.0 Å². The lowest BCUT2D eigenvalue weighted by Gasteiger charge is -2.21. The first-order valence-corrected chi connectivity index (χ1v) is 9.08. The molecule has 1 aromatic carbocycles. The molecule has 0 radical (unpaired) electrons. The maximum absolute atomic E-state index is 12.7. The Morgan fingerprint density at radius 2 is 2.10 bits per heavy atom. The van der Waals surface area contributed by atoms with Crippen LogP contribution in [-0.2, 0) is 16.6 Å². The Bertz CT molecular complexity index is 574. The Labute approximate surface area is 129 Å². The van der Waals surface area contributed by atoms with Crippen LogP contribution in [-0.4, -0.2) is 30.9 Å². The number of sulfonamides is 1. The van der Waals surface area contributed by atoms with E-state index < -0.39 is 10.0 Å². The summed E-state index contributed by atoms with van der Waals surface area (Å²) in [6.45, 7) is 3.24. The smallest absolute Gasteiger partial charge is 0.244 e. The van der Waals surface area contributed by atoms with Crippen LogP contribution in [0, 0.1) is 5.92 Å². The van der Waals surface area contributed by atoms with Crippen molar-refractivity contribution in [2.75, 3.05) is 13.1 Å². The van der Waals surface area contributed by atoms with Crippen molar-refractivity contribution in [3.8, 4) is 0 Å². The summed E-state index contributed by atoms with van der Waals surface area (Å²) in [5.41, 5.74) is 0.695. The third-order valence-electron chi connectivity index (χ3n) is 3.77. The van der Waals surface area contributed by atoms with Crippen LogP contribution in [0.5, 0.6) is 0 Å². The Hall–Kier alpha value is -0.430. The van der Waals surface area contributed by atoms with E-state index in [2.05, 4.69) is 22.9 Å². The minimum Gasteiger partial charge on any atom is -0.392 e. The molecule has 1 aliphatic heterocycles. The fourth-order valence-corrected chi connectivity index (χ4v) is 5.05. The van der Waals surface area contributed by atoms with Gasteiger partial charge >= 0.3 is 0 Å². The number of aliphatic hydroxyl groups is 1. The van der Waals surface area contributed by atoms with Gasteiger partial charge in [-0.1, -0.05) is 13.0 Å². The summed E-state index contributed by atoms with van der Waals surface area (Å²) in [5.74, 6) is 0.579. The van der Waals surface area contributed by atoms with Crippen LogP contribution in [0.1, 0.15) is 31.7 Å². The molecule has 20 heavy (non-hydrogen) atoms. The molecule has 0 aliphatic carbocycles. The normalized spacial score (nSPS) is 21.6. The van der Waals surface area contributed by atoms with Gasteiger partial charge in [0.25, 0.3) is 0 Å². The van der Waals surface area contributed by atoms with E-state index in [4.69, 9.17) is 5.11 Å². The first-order valence-electron chi connectivity index (χ1n) is 6.84. The number of halogens is 1. The largest absolute Gasteiger partial charge is 0.392 e. The molecule has 1 aromatic rings. The van der Waals surface area contributed by atoms with Gasteiger partial charge in [0.15, 0.2) is 0 Å². The molecule has 0 saturated carbocycles. The van der Waals surface area contributed by atoms with Gasteiger partial charge in [-0.3, -0.25) is 0 Å². The number of aliphatic hydroxyl groups excluding tert-OH is 1. The molecular weight excluding hydrogens is 342 g/mol. The fourth-order valence-electron chi connectivity index (χ4n) is 2.47. The zero-order valence-corrected chi connectivity index (χ0v) is 14.0. The standard InChI is InChI=1S/C14H20BrNO3S/c1-11-3-2-7-16(8-6-11)20(18,19)14-5-4-12(10-17)9-13(14)15/h4-5,9,11,17H,2-3,6-8,10H2,1H3. The van der Waals surface area contributed by atoms with Gasteiger partial charge < -0.3 is 5.11 Å². The molecule has 4 nitrogen and oxygen atoms in total. The molecule has 1 heterocycles. The van der Waals surface area contributed by atoms with Crippen molar-refractivity contribution in [3.63, 3.8) is 0 Å². The van der Waals surface area contributed by atoms with E-state index in [1.165, 1.54) is 0 Å². The minimum atomic E-state index is -3.46. The van der Waals surface area contributed by atoms with Crippen molar-refractivity contribution in [2.24, 2.45) is 5.92 Å². The predicted octanol–water partition coefficient (Wildman–Crippen LogP) is 2.75. The highest BCUT2D eigenvalue weighted by molar-refractivity contribution is 9.10. The Balaban J connectivity index is 2.30. The predicted molar refractivity (Wildman–Crippen MR) is 81.8 cm³/mol. The third kappa shape index (κ3) is 3.42. The van der Waals surface area contributed by atoms with E-state index >= 15 is 0 Å². The molecular formula is C14H20BrNO3S. The van der Waals surface area contributed by atoms with Crippen molar-refractivity contribution in [3.05, 3.63) is 28.2 Å². The van der Waals surface area contributed by atoms with Crippen LogP contribution < -0.4 is 0 Å². The second-order valence-electron chi connectivity index (χ2n) is 5.36. The molecule has 0 aromatic heterocycles. The van der Waals surface area contributed by atoms with Crippen LogP contribution >= 0.6 is 15.9 Å². The molecule has 0 spiro atoms. The second kappa shape index (κ2) is 6.56. The summed E-state index contributed by atoms with van der Waals surface area (Å²) in [6, 6.07) is 4.88. The summed E-state index contributed by atoms with van der Waals surface area (Å²) in [6.07, 6.45) is 2.90. The van der Waals surface area contributed by atoms with Crippen molar-refractivity contribution < 1.29 is 13.5 Å². The first kappa shape index (κ1) is 15.9. The summed E-state index contributed by atoms with van der Waals surface area (Å²) < 4.78 is 27.5. The lowest BCUT2D eigenvalue weighted by molar-refractivity contribution is 0.281. The maximum Gasteiger partial charge on any atom is 0.244 e. The van der Waals surface area contributed by atoms with Gasteiger partial charge in [0.05, 0.1) is 11.5 Å². The van der Waals surface area contributed by atoms with Gasteiger partial charge in [-0.05, 0) is 58.8 Å². The number of hydrogen-bond acceptors (Lipinski definition) is 3. The van der Waals surface area contributed by atoms with Gasteiger partial charge in [0.2, 0.25) is 10.0 Å². The zero-order valence-electron chi connectivity index (χ0n) is 11.5. The number of rotatable bonds is 3. The first-order chi connectivity index (χ1) is 9.45. The lowest BCUT2D eigenvalue weighted by Crippen LogP contribution is -2.32. The number of benzene rings is 1. The molecule has 6 heteroatoms. The van der Waals surface area contributed by atoms with Gasteiger partial charge in [-0.2, -0.15) is 4.31 Å². The summed E-state index contributed by atoms with van der Waals surface area (Å²) in [7, 11) is -3.46. The average molecular weight is 362 g/mol. The highest BCUT2D eigenvalue weighted by Gasteiger charge is 2.28. The van der Waals surface area contributed by atoms with Gasteiger partial charge in [0, 0.05) is 17.6 Å². The third-order valence-corrected chi connectivity index (χ3v) is 6.65.